The summed E-state index contributed by atoms with van der Waals surface area (Å²) in [6, 6.07) is 69.4. The molecule has 0 amide bonds. The van der Waals surface area contributed by atoms with E-state index in [0.29, 0.717) is 5.95 Å². The van der Waals surface area contributed by atoms with Crippen molar-refractivity contribution in [1.29, 1.82) is 0 Å². The van der Waals surface area contributed by atoms with Crippen molar-refractivity contribution in [1.82, 2.24) is 14.5 Å². The standard InChI is InChI=1S/C55H31N3S/c1-2-15-34-31-48-42(29-33(34)14-1)50-36-16-4-3-13-32(36)26-28-47(50)58(48)54-56-51(53-52(57-54)41-20-8-12-24-49(41)59-53)35-25-27-40-39-19-7-11-23-45(39)55(46(40)30-35)43-21-9-5-17-37(43)38-18-6-10-22-44(38)55/h1-31H. The zero-order valence-electron chi connectivity index (χ0n) is 31.6. The van der Waals surface area contributed by atoms with Crippen LogP contribution in [0.5, 0.6) is 0 Å². The molecule has 3 heterocycles. The van der Waals surface area contributed by atoms with E-state index in [9.17, 15) is 0 Å². The largest absolute Gasteiger partial charge is 0.278 e. The van der Waals surface area contributed by atoms with Crippen LogP contribution in [0.25, 0.3) is 103 Å². The third-order valence-electron chi connectivity index (χ3n) is 13.2. The Bertz CT molecular complexity index is 3750. The first-order valence-corrected chi connectivity index (χ1v) is 21.1. The molecule has 12 aromatic rings. The smallest absolute Gasteiger partial charge is 0.235 e. The minimum absolute atomic E-state index is 0.445. The molecule has 0 N–H and O–H groups in total. The van der Waals surface area contributed by atoms with E-state index in [1.54, 1.807) is 11.3 Å². The van der Waals surface area contributed by atoms with Gasteiger partial charge >= 0.3 is 0 Å². The van der Waals surface area contributed by atoms with Crippen LogP contribution in [0.1, 0.15) is 22.3 Å². The predicted molar refractivity (Wildman–Crippen MR) is 246 cm³/mol. The molecule has 1 spiro atoms. The zero-order chi connectivity index (χ0) is 38.4. The van der Waals surface area contributed by atoms with Gasteiger partial charge in [-0.3, -0.25) is 4.57 Å². The van der Waals surface area contributed by atoms with Crippen molar-refractivity contribution in [3.05, 3.63) is 210 Å². The van der Waals surface area contributed by atoms with Gasteiger partial charge in [0.1, 0.15) is 0 Å². The Labute approximate surface area is 343 Å². The average molecular weight is 766 g/mol. The van der Waals surface area contributed by atoms with Gasteiger partial charge in [-0.05, 0) is 96.4 Å². The summed E-state index contributed by atoms with van der Waals surface area (Å²) in [6.45, 7) is 0. The molecule has 2 aliphatic rings. The van der Waals surface area contributed by atoms with Gasteiger partial charge in [0.25, 0.3) is 0 Å². The summed E-state index contributed by atoms with van der Waals surface area (Å²) in [4.78, 5) is 11.3. The van der Waals surface area contributed by atoms with Crippen LogP contribution in [0.2, 0.25) is 0 Å². The Morgan fingerprint density at radius 2 is 1.02 bits per heavy atom. The van der Waals surface area contributed by atoms with E-state index < -0.39 is 5.41 Å². The van der Waals surface area contributed by atoms with Crippen LogP contribution in [-0.2, 0) is 5.41 Å². The minimum atomic E-state index is -0.445. The lowest BCUT2D eigenvalue weighted by atomic mass is 9.70. The Morgan fingerprint density at radius 3 is 1.75 bits per heavy atom. The lowest BCUT2D eigenvalue weighted by Crippen LogP contribution is -2.25. The Balaban J connectivity index is 1.10. The molecule has 0 fully saturated rings. The highest BCUT2D eigenvalue weighted by molar-refractivity contribution is 7.26. The van der Waals surface area contributed by atoms with Crippen LogP contribution in [0.15, 0.2) is 188 Å². The topological polar surface area (TPSA) is 30.7 Å². The number of aromatic nitrogens is 3. The second kappa shape index (κ2) is 11.4. The average Bonchev–Trinajstić information content (AvgIpc) is 4.01. The van der Waals surface area contributed by atoms with Gasteiger partial charge in [0, 0.05) is 26.4 Å². The van der Waals surface area contributed by atoms with Crippen LogP contribution in [0.4, 0.5) is 0 Å². The maximum absolute atomic E-state index is 5.71. The monoisotopic (exact) mass is 765 g/mol. The summed E-state index contributed by atoms with van der Waals surface area (Å²) >= 11 is 1.79. The Kier molecular flexibility index (Phi) is 6.10. The fraction of sp³-hybridized carbons (Fsp3) is 0.0182. The summed E-state index contributed by atoms with van der Waals surface area (Å²) in [5.74, 6) is 0.677. The molecule has 2 aliphatic carbocycles. The van der Waals surface area contributed by atoms with Gasteiger partial charge in [0.15, 0.2) is 0 Å². The number of fused-ring (bicyclic) bond motifs is 19. The van der Waals surface area contributed by atoms with Crippen molar-refractivity contribution in [2.45, 2.75) is 5.41 Å². The Hall–Kier alpha value is -7.40. The molecule has 0 saturated carbocycles. The first-order chi connectivity index (χ1) is 29.3. The second-order valence-corrected chi connectivity index (χ2v) is 17.1. The number of benzene rings is 9. The van der Waals surface area contributed by atoms with E-state index in [1.807, 2.05) is 0 Å². The highest BCUT2D eigenvalue weighted by atomic mass is 32.1. The van der Waals surface area contributed by atoms with Crippen molar-refractivity contribution in [3.8, 4) is 39.5 Å². The molecule has 9 aromatic carbocycles. The molecule has 4 heteroatoms. The van der Waals surface area contributed by atoms with E-state index in [1.165, 1.54) is 81.5 Å². The van der Waals surface area contributed by atoms with E-state index in [0.717, 1.165) is 37.9 Å². The summed E-state index contributed by atoms with van der Waals surface area (Å²) in [5.41, 5.74) is 15.3. The second-order valence-electron chi connectivity index (χ2n) is 16.0. The van der Waals surface area contributed by atoms with Gasteiger partial charge < -0.3 is 0 Å². The summed E-state index contributed by atoms with van der Waals surface area (Å²) in [7, 11) is 0. The van der Waals surface area contributed by atoms with Gasteiger partial charge in [0.05, 0.1) is 32.4 Å². The molecule has 3 nitrogen and oxygen atoms in total. The first kappa shape index (κ1) is 31.7. The fourth-order valence-corrected chi connectivity index (χ4v) is 12.0. The van der Waals surface area contributed by atoms with Crippen LogP contribution < -0.4 is 0 Å². The normalized spacial score (nSPS) is 13.6. The SMILES string of the molecule is c1ccc2c(c1)-c1ccccc1C21c2ccccc2-c2ccc(-c3nc(-n4c5cc6ccccc6cc5c5c6ccccc6ccc54)nc4c3sc3ccccc34)cc21. The van der Waals surface area contributed by atoms with Crippen LogP contribution >= 0.6 is 11.3 Å². The molecular weight excluding hydrogens is 735 g/mol. The number of thiophene rings is 1. The quantitative estimate of drug-likeness (QED) is 0.175. The van der Waals surface area contributed by atoms with E-state index in [-0.39, 0.29) is 0 Å². The van der Waals surface area contributed by atoms with Crippen LogP contribution in [0.3, 0.4) is 0 Å². The molecule has 0 bridgehead atoms. The molecule has 3 aromatic heterocycles. The predicted octanol–water partition coefficient (Wildman–Crippen LogP) is 14.3. The third-order valence-corrected chi connectivity index (χ3v) is 14.4. The highest BCUT2D eigenvalue weighted by Crippen LogP contribution is 2.63. The van der Waals surface area contributed by atoms with Gasteiger partial charge in [-0.2, -0.15) is 0 Å². The third kappa shape index (κ3) is 4.01. The van der Waals surface area contributed by atoms with Crippen LogP contribution in [-0.4, -0.2) is 14.5 Å². The molecule has 0 atom stereocenters. The van der Waals surface area contributed by atoms with E-state index in [2.05, 4.69) is 193 Å². The minimum Gasteiger partial charge on any atom is -0.278 e. The number of hydrogen-bond donors (Lipinski definition) is 0. The lowest BCUT2D eigenvalue weighted by molar-refractivity contribution is 0.794. The molecule has 14 rings (SSSR count). The van der Waals surface area contributed by atoms with Crippen LogP contribution in [0, 0.1) is 0 Å². The molecule has 0 unspecified atom stereocenters. The molecule has 272 valence electrons. The summed E-state index contributed by atoms with van der Waals surface area (Å²) in [5, 5.41) is 8.43. The molecule has 0 aliphatic heterocycles. The number of nitrogens with zero attached hydrogens (tertiary/aromatic N) is 3. The molecule has 0 radical (unpaired) electrons. The van der Waals surface area contributed by atoms with Crippen molar-refractivity contribution in [3.63, 3.8) is 0 Å². The van der Waals surface area contributed by atoms with Gasteiger partial charge in [-0.25, -0.2) is 9.97 Å². The molecule has 59 heavy (non-hydrogen) atoms. The van der Waals surface area contributed by atoms with E-state index in [4.69, 9.17) is 9.97 Å². The molecule has 0 saturated heterocycles. The van der Waals surface area contributed by atoms with Gasteiger partial charge in [-0.15, -0.1) is 11.3 Å². The van der Waals surface area contributed by atoms with E-state index >= 15 is 0 Å². The summed E-state index contributed by atoms with van der Waals surface area (Å²) in [6.07, 6.45) is 0. The first-order valence-electron chi connectivity index (χ1n) is 20.2. The zero-order valence-corrected chi connectivity index (χ0v) is 32.5. The van der Waals surface area contributed by atoms with Gasteiger partial charge in [-0.1, -0.05) is 158 Å². The number of rotatable bonds is 2. The van der Waals surface area contributed by atoms with Gasteiger partial charge in [0.2, 0.25) is 5.95 Å². The Morgan fingerprint density at radius 1 is 0.424 bits per heavy atom. The van der Waals surface area contributed by atoms with Crippen molar-refractivity contribution in [2.75, 3.05) is 0 Å². The maximum Gasteiger partial charge on any atom is 0.235 e. The number of hydrogen-bond acceptors (Lipinski definition) is 3. The molecular formula is C55H31N3S. The van der Waals surface area contributed by atoms with Crippen molar-refractivity contribution in [2.24, 2.45) is 0 Å². The van der Waals surface area contributed by atoms with Crippen molar-refractivity contribution >= 4 is 75.0 Å². The fourth-order valence-electron chi connectivity index (χ4n) is 10.8. The lowest BCUT2D eigenvalue weighted by Gasteiger charge is -2.30. The highest BCUT2D eigenvalue weighted by Gasteiger charge is 2.51. The summed E-state index contributed by atoms with van der Waals surface area (Å²) < 4.78 is 4.62. The van der Waals surface area contributed by atoms with Crippen molar-refractivity contribution < 1.29 is 0 Å². The maximum atomic E-state index is 5.71.